The minimum absolute atomic E-state index is 0.00688. The highest BCUT2D eigenvalue weighted by molar-refractivity contribution is 5.92. The Balaban J connectivity index is 1.73. The first-order valence-electron chi connectivity index (χ1n) is 8.40. The molecule has 0 saturated carbocycles. The molecule has 1 saturated heterocycles. The van der Waals surface area contributed by atoms with E-state index in [1.165, 1.54) is 0 Å². The van der Waals surface area contributed by atoms with E-state index in [0.717, 1.165) is 37.4 Å². The molecule has 1 aliphatic rings. The molecule has 128 valence electrons. The monoisotopic (exact) mass is 328 g/mol. The third-order valence-electron chi connectivity index (χ3n) is 4.54. The highest BCUT2D eigenvalue weighted by Crippen LogP contribution is 2.26. The Bertz CT molecular complexity index is 693. The van der Waals surface area contributed by atoms with Gasteiger partial charge in [0.05, 0.1) is 11.9 Å². The summed E-state index contributed by atoms with van der Waals surface area (Å²) in [6.07, 6.45) is 5.51. The Morgan fingerprint density at radius 1 is 1.38 bits per heavy atom. The van der Waals surface area contributed by atoms with E-state index in [1.807, 2.05) is 30.0 Å². The van der Waals surface area contributed by atoms with Crippen LogP contribution in [0.25, 0.3) is 0 Å². The number of amides is 1. The third-order valence-corrected chi connectivity index (χ3v) is 4.54. The maximum Gasteiger partial charge on any atom is 0.272 e. The summed E-state index contributed by atoms with van der Waals surface area (Å²) in [6, 6.07) is 3.73. The number of likely N-dealkylation sites (tertiary alicyclic amines) is 1. The fourth-order valence-electron chi connectivity index (χ4n) is 3.14. The molecule has 0 N–H and O–H groups in total. The van der Waals surface area contributed by atoms with Crippen molar-refractivity contribution in [1.82, 2.24) is 24.6 Å². The number of carbonyl (C=O) groups excluding carboxylic acids is 1. The van der Waals surface area contributed by atoms with E-state index in [-0.39, 0.29) is 11.8 Å². The SMILES string of the molecule is CCn1cnnc1C1CCCN(C(=O)c2ccc(N(C)C)cn2)C1. The molecule has 0 aromatic carbocycles. The largest absolute Gasteiger partial charge is 0.376 e. The minimum atomic E-state index is -0.00688. The van der Waals surface area contributed by atoms with Crippen molar-refractivity contribution in [3.8, 4) is 0 Å². The lowest BCUT2D eigenvalue weighted by Gasteiger charge is -2.32. The average molecular weight is 328 g/mol. The van der Waals surface area contributed by atoms with Gasteiger partial charge in [0.15, 0.2) is 0 Å². The smallest absolute Gasteiger partial charge is 0.272 e. The molecule has 0 spiro atoms. The van der Waals surface area contributed by atoms with Crippen LogP contribution in [0.5, 0.6) is 0 Å². The number of pyridine rings is 1. The minimum Gasteiger partial charge on any atom is -0.376 e. The van der Waals surface area contributed by atoms with Crippen LogP contribution in [0, 0.1) is 0 Å². The van der Waals surface area contributed by atoms with Crippen molar-refractivity contribution in [2.75, 3.05) is 32.1 Å². The van der Waals surface area contributed by atoms with Gasteiger partial charge in [0, 0.05) is 39.6 Å². The molecule has 2 aromatic rings. The highest BCUT2D eigenvalue weighted by Gasteiger charge is 2.28. The third kappa shape index (κ3) is 3.25. The quantitative estimate of drug-likeness (QED) is 0.856. The van der Waals surface area contributed by atoms with Crippen molar-refractivity contribution in [3.63, 3.8) is 0 Å². The molecule has 24 heavy (non-hydrogen) atoms. The van der Waals surface area contributed by atoms with Gasteiger partial charge in [0.1, 0.15) is 17.8 Å². The number of nitrogens with zero attached hydrogens (tertiary/aromatic N) is 6. The molecule has 3 rings (SSSR count). The normalized spacial score (nSPS) is 17.8. The molecule has 7 heteroatoms. The molecule has 1 amide bonds. The molecule has 1 atom stereocenters. The Morgan fingerprint density at radius 3 is 2.88 bits per heavy atom. The van der Waals surface area contributed by atoms with Crippen LogP contribution in [-0.4, -0.2) is 57.7 Å². The highest BCUT2D eigenvalue weighted by atomic mass is 16.2. The van der Waals surface area contributed by atoms with E-state index in [9.17, 15) is 4.79 Å². The van der Waals surface area contributed by atoms with Crippen molar-refractivity contribution in [1.29, 1.82) is 0 Å². The van der Waals surface area contributed by atoms with Crippen LogP contribution < -0.4 is 4.90 Å². The summed E-state index contributed by atoms with van der Waals surface area (Å²) in [5.74, 6) is 1.21. The number of anilines is 1. The number of hydrogen-bond acceptors (Lipinski definition) is 5. The first kappa shape index (κ1) is 16.4. The maximum atomic E-state index is 12.8. The number of piperidine rings is 1. The van der Waals surface area contributed by atoms with E-state index in [1.54, 1.807) is 18.6 Å². The van der Waals surface area contributed by atoms with E-state index < -0.39 is 0 Å². The zero-order valence-corrected chi connectivity index (χ0v) is 14.5. The van der Waals surface area contributed by atoms with E-state index in [2.05, 4.69) is 26.7 Å². The first-order chi connectivity index (χ1) is 11.6. The number of aromatic nitrogens is 4. The molecule has 3 heterocycles. The van der Waals surface area contributed by atoms with Gasteiger partial charge < -0.3 is 14.4 Å². The van der Waals surface area contributed by atoms with Gasteiger partial charge in [-0.15, -0.1) is 10.2 Å². The summed E-state index contributed by atoms with van der Waals surface area (Å²) in [4.78, 5) is 20.9. The van der Waals surface area contributed by atoms with Crippen LogP contribution in [-0.2, 0) is 6.54 Å². The second-order valence-electron chi connectivity index (χ2n) is 6.36. The average Bonchev–Trinajstić information content (AvgIpc) is 3.10. The predicted molar refractivity (Wildman–Crippen MR) is 92.1 cm³/mol. The van der Waals surface area contributed by atoms with Crippen molar-refractivity contribution < 1.29 is 4.79 Å². The summed E-state index contributed by atoms with van der Waals surface area (Å²) in [5.41, 5.74) is 1.48. The van der Waals surface area contributed by atoms with Crippen molar-refractivity contribution in [2.24, 2.45) is 0 Å². The van der Waals surface area contributed by atoms with E-state index in [4.69, 9.17) is 0 Å². The molecule has 0 bridgehead atoms. The second kappa shape index (κ2) is 6.98. The molecule has 0 aliphatic carbocycles. The fourth-order valence-corrected chi connectivity index (χ4v) is 3.14. The lowest BCUT2D eigenvalue weighted by Crippen LogP contribution is -2.40. The van der Waals surface area contributed by atoms with Crippen molar-refractivity contribution in [2.45, 2.75) is 32.2 Å². The topological polar surface area (TPSA) is 67.2 Å². The van der Waals surface area contributed by atoms with Crippen LogP contribution in [0.15, 0.2) is 24.7 Å². The Morgan fingerprint density at radius 2 is 2.21 bits per heavy atom. The van der Waals surface area contributed by atoms with Crippen molar-refractivity contribution >= 4 is 11.6 Å². The van der Waals surface area contributed by atoms with Gasteiger partial charge in [-0.05, 0) is 31.9 Å². The molecule has 1 unspecified atom stereocenters. The number of aryl methyl sites for hydroxylation is 1. The Labute approximate surface area is 142 Å². The van der Waals surface area contributed by atoms with Crippen molar-refractivity contribution in [3.05, 3.63) is 36.2 Å². The second-order valence-corrected chi connectivity index (χ2v) is 6.36. The molecule has 7 nitrogen and oxygen atoms in total. The summed E-state index contributed by atoms with van der Waals surface area (Å²) >= 11 is 0. The standard InChI is InChI=1S/C17H24N6O/c1-4-22-12-19-20-16(22)13-6-5-9-23(11-13)17(24)15-8-7-14(10-18-15)21(2)3/h7-8,10,12-13H,4-6,9,11H2,1-3H3. The van der Waals surface area contributed by atoms with Gasteiger partial charge in [0.2, 0.25) is 0 Å². The van der Waals surface area contributed by atoms with Gasteiger partial charge in [-0.25, -0.2) is 4.98 Å². The number of rotatable bonds is 4. The van der Waals surface area contributed by atoms with Crippen LogP contribution in [0.3, 0.4) is 0 Å². The zero-order valence-electron chi connectivity index (χ0n) is 14.5. The molecule has 0 radical (unpaired) electrons. The maximum absolute atomic E-state index is 12.8. The molecule has 1 fully saturated rings. The lowest BCUT2D eigenvalue weighted by molar-refractivity contribution is 0.0697. The van der Waals surface area contributed by atoms with E-state index in [0.29, 0.717) is 12.2 Å². The summed E-state index contributed by atoms with van der Waals surface area (Å²) in [7, 11) is 3.91. The number of hydrogen-bond donors (Lipinski definition) is 0. The summed E-state index contributed by atoms with van der Waals surface area (Å²) < 4.78 is 2.06. The first-order valence-corrected chi connectivity index (χ1v) is 8.40. The van der Waals surface area contributed by atoms with Crippen LogP contribution >= 0.6 is 0 Å². The Kier molecular flexibility index (Phi) is 4.78. The Hall–Kier alpha value is -2.44. The van der Waals surface area contributed by atoms with Gasteiger partial charge in [-0.3, -0.25) is 4.79 Å². The van der Waals surface area contributed by atoms with E-state index >= 15 is 0 Å². The summed E-state index contributed by atoms with van der Waals surface area (Å²) in [5, 5.41) is 8.28. The number of carbonyl (C=O) groups is 1. The predicted octanol–water partition coefficient (Wildman–Crippen LogP) is 1.78. The zero-order chi connectivity index (χ0) is 17.1. The molecular formula is C17H24N6O. The van der Waals surface area contributed by atoms with Gasteiger partial charge in [-0.1, -0.05) is 0 Å². The molecular weight excluding hydrogens is 304 g/mol. The molecule has 1 aliphatic heterocycles. The van der Waals surface area contributed by atoms with Gasteiger partial charge in [-0.2, -0.15) is 0 Å². The van der Waals surface area contributed by atoms with Crippen LogP contribution in [0.2, 0.25) is 0 Å². The van der Waals surface area contributed by atoms with Crippen LogP contribution in [0.4, 0.5) is 5.69 Å². The van der Waals surface area contributed by atoms with Gasteiger partial charge >= 0.3 is 0 Å². The summed E-state index contributed by atoms with van der Waals surface area (Å²) in [6.45, 7) is 4.37. The van der Waals surface area contributed by atoms with Crippen LogP contribution in [0.1, 0.15) is 42.0 Å². The van der Waals surface area contributed by atoms with Gasteiger partial charge in [0.25, 0.3) is 5.91 Å². The lowest BCUT2D eigenvalue weighted by atomic mass is 9.96. The fraction of sp³-hybridized carbons (Fsp3) is 0.529. The molecule has 2 aromatic heterocycles.